The number of aromatic hydroxyl groups is 1. The van der Waals surface area contributed by atoms with Gasteiger partial charge < -0.3 is 14.3 Å². The van der Waals surface area contributed by atoms with Crippen molar-refractivity contribution in [2.24, 2.45) is 5.10 Å². The van der Waals surface area contributed by atoms with Crippen LogP contribution >= 0.6 is 0 Å². The van der Waals surface area contributed by atoms with Gasteiger partial charge in [0.05, 0.1) is 18.2 Å². The second-order valence-corrected chi connectivity index (χ2v) is 7.96. The van der Waals surface area contributed by atoms with Crippen LogP contribution in [0.15, 0.2) is 75.1 Å². The van der Waals surface area contributed by atoms with Crippen LogP contribution in [0.2, 0.25) is 0 Å². The maximum absolute atomic E-state index is 12.4. The molecular weight excluding hydrogens is 396 g/mol. The first kappa shape index (κ1) is 20.2. The molecule has 2 N–H and O–H groups in total. The van der Waals surface area contributed by atoms with Gasteiger partial charge in [-0.1, -0.05) is 18.2 Å². The van der Waals surface area contributed by atoms with Crippen molar-refractivity contribution in [3.8, 4) is 11.5 Å². The van der Waals surface area contributed by atoms with Crippen LogP contribution in [0.3, 0.4) is 0 Å². The second kappa shape index (κ2) is 8.61. The zero-order valence-corrected chi connectivity index (χ0v) is 16.2. The minimum Gasteiger partial charge on any atom is -0.504 e. The summed E-state index contributed by atoms with van der Waals surface area (Å²) in [6.45, 7) is 0. The van der Waals surface area contributed by atoms with Crippen molar-refractivity contribution in [2.45, 2.75) is 10.6 Å². The molecule has 9 heteroatoms. The molecule has 0 bridgehead atoms. The Labute approximate surface area is 167 Å². The number of hydrogen-bond donors (Lipinski definition) is 2. The van der Waals surface area contributed by atoms with Crippen LogP contribution in [0.1, 0.15) is 21.9 Å². The van der Waals surface area contributed by atoms with Crippen LogP contribution in [-0.2, 0) is 15.6 Å². The molecule has 1 aromatic heterocycles. The van der Waals surface area contributed by atoms with Crippen molar-refractivity contribution in [1.82, 2.24) is 5.43 Å². The van der Waals surface area contributed by atoms with Gasteiger partial charge in [-0.25, -0.2) is 13.8 Å². The average molecular weight is 414 g/mol. The number of nitrogens with zero attached hydrogens (tertiary/aromatic N) is 1. The number of sulfone groups is 1. The highest BCUT2D eigenvalue weighted by Crippen LogP contribution is 2.25. The van der Waals surface area contributed by atoms with E-state index >= 15 is 0 Å². The minimum absolute atomic E-state index is 0.0118. The van der Waals surface area contributed by atoms with Crippen molar-refractivity contribution in [2.75, 3.05) is 7.11 Å². The van der Waals surface area contributed by atoms with Crippen molar-refractivity contribution in [3.05, 3.63) is 77.7 Å². The van der Waals surface area contributed by atoms with Gasteiger partial charge in [-0.2, -0.15) is 5.10 Å². The molecule has 29 heavy (non-hydrogen) atoms. The lowest BCUT2D eigenvalue weighted by Crippen LogP contribution is -2.16. The summed E-state index contributed by atoms with van der Waals surface area (Å²) in [5.74, 6) is -0.649. The van der Waals surface area contributed by atoms with Crippen molar-refractivity contribution >= 4 is 22.0 Å². The number of phenols is 1. The van der Waals surface area contributed by atoms with Crippen LogP contribution in [0, 0.1) is 0 Å². The number of furan rings is 1. The van der Waals surface area contributed by atoms with Gasteiger partial charge in [0.15, 0.2) is 27.1 Å². The molecule has 8 nitrogen and oxygen atoms in total. The van der Waals surface area contributed by atoms with E-state index in [0.717, 1.165) is 0 Å². The van der Waals surface area contributed by atoms with Crippen molar-refractivity contribution in [1.29, 1.82) is 0 Å². The van der Waals surface area contributed by atoms with Gasteiger partial charge in [-0.3, -0.25) is 4.79 Å². The molecule has 0 unspecified atom stereocenters. The SMILES string of the molecule is COc1cc(/C=N/NC(=O)c2ccc(CS(=O)(=O)c3ccccc3)o2)ccc1O. The maximum Gasteiger partial charge on any atom is 0.307 e. The fraction of sp³-hybridized carbons (Fsp3) is 0.100. The molecule has 1 amide bonds. The first-order valence-electron chi connectivity index (χ1n) is 8.46. The van der Waals surface area contributed by atoms with Crippen molar-refractivity contribution < 1.29 is 27.5 Å². The molecule has 0 aliphatic rings. The third kappa shape index (κ3) is 5.02. The number of nitrogens with one attached hydrogen (secondary N) is 1. The summed E-state index contributed by atoms with van der Waals surface area (Å²) in [4.78, 5) is 12.3. The number of carbonyl (C=O) groups excluding carboxylic acids is 1. The molecule has 1 heterocycles. The molecule has 0 spiro atoms. The molecule has 3 aromatic rings. The number of hydrazone groups is 1. The standard InChI is InChI=1S/C20H18N2O6S/c1-27-19-11-14(7-9-17(19)23)12-21-22-20(24)18-10-8-15(28-18)13-29(25,26)16-5-3-2-4-6-16/h2-12,23H,13H2,1H3,(H,22,24)/b21-12+. The molecule has 0 saturated heterocycles. The molecule has 0 saturated carbocycles. The van der Waals surface area contributed by atoms with E-state index in [1.54, 1.807) is 30.3 Å². The van der Waals surface area contributed by atoms with E-state index < -0.39 is 15.7 Å². The van der Waals surface area contributed by atoms with E-state index in [9.17, 15) is 18.3 Å². The first-order valence-corrected chi connectivity index (χ1v) is 10.1. The molecule has 0 fully saturated rings. The molecule has 0 aliphatic heterocycles. The summed E-state index contributed by atoms with van der Waals surface area (Å²) in [6, 6.07) is 15.4. The number of ether oxygens (including phenoxy) is 1. The van der Waals surface area contributed by atoms with Gasteiger partial charge >= 0.3 is 5.91 Å². The van der Waals surface area contributed by atoms with Crippen LogP contribution in [0.25, 0.3) is 0 Å². The Balaban J connectivity index is 1.64. The van der Waals surface area contributed by atoms with Gasteiger partial charge in [0.1, 0.15) is 11.5 Å². The first-order chi connectivity index (χ1) is 13.9. The third-order valence-electron chi connectivity index (χ3n) is 3.90. The summed E-state index contributed by atoms with van der Waals surface area (Å²) < 4.78 is 35.1. The molecule has 0 atom stereocenters. The monoisotopic (exact) mass is 414 g/mol. The number of hydrogen-bond acceptors (Lipinski definition) is 7. The van der Waals surface area contributed by atoms with E-state index in [4.69, 9.17) is 9.15 Å². The number of amides is 1. The number of phenolic OH excluding ortho intramolecular Hbond substituents is 1. The largest absolute Gasteiger partial charge is 0.504 e. The smallest absolute Gasteiger partial charge is 0.307 e. The van der Waals surface area contributed by atoms with Gasteiger partial charge in [0.2, 0.25) is 0 Å². The van der Waals surface area contributed by atoms with Crippen LogP contribution in [-0.4, -0.2) is 32.8 Å². The van der Waals surface area contributed by atoms with Crippen LogP contribution in [0.4, 0.5) is 0 Å². The highest BCUT2D eigenvalue weighted by atomic mass is 32.2. The Kier molecular flexibility index (Phi) is 5.99. The highest BCUT2D eigenvalue weighted by molar-refractivity contribution is 7.90. The lowest BCUT2D eigenvalue weighted by atomic mass is 10.2. The Morgan fingerprint density at radius 2 is 1.93 bits per heavy atom. The molecule has 0 aliphatic carbocycles. The van der Waals surface area contributed by atoms with Gasteiger partial charge in [-0.05, 0) is 48.0 Å². The molecule has 2 aromatic carbocycles. The molecule has 150 valence electrons. The highest BCUT2D eigenvalue weighted by Gasteiger charge is 2.19. The fourth-order valence-corrected chi connectivity index (χ4v) is 3.74. The second-order valence-electron chi connectivity index (χ2n) is 5.97. The molecule has 0 radical (unpaired) electrons. The Morgan fingerprint density at radius 1 is 1.17 bits per heavy atom. The quantitative estimate of drug-likeness (QED) is 0.453. The van der Waals surface area contributed by atoms with E-state index in [1.807, 2.05) is 0 Å². The maximum atomic E-state index is 12.4. The van der Waals surface area contributed by atoms with Crippen LogP contribution in [0.5, 0.6) is 11.5 Å². The van der Waals surface area contributed by atoms with E-state index in [-0.39, 0.29) is 33.7 Å². The predicted molar refractivity (Wildman–Crippen MR) is 106 cm³/mol. The summed E-state index contributed by atoms with van der Waals surface area (Å²) >= 11 is 0. The van der Waals surface area contributed by atoms with Gasteiger partial charge in [0.25, 0.3) is 0 Å². The zero-order valence-electron chi connectivity index (χ0n) is 15.4. The van der Waals surface area contributed by atoms with E-state index in [0.29, 0.717) is 5.56 Å². The molecular formula is C20H18N2O6S. The average Bonchev–Trinajstić information content (AvgIpc) is 3.17. The topological polar surface area (TPSA) is 118 Å². The Bertz CT molecular complexity index is 1140. The number of methoxy groups -OCH3 is 1. The summed E-state index contributed by atoms with van der Waals surface area (Å²) in [5, 5.41) is 13.4. The Morgan fingerprint density at radius 3 is 2.66 bits per heavy atom. The zero-order chi connectivity index (χ0) is 20.9. The lowest BCUT2D eigenvalue weighted by molar-refractivity contribution is 0.0926. The van der Waals surface area contributed by atoms with Crippen LogP contribution < -0.4 is 10.2 Å². The minimum atomic E-state index is -3.58. The summed E-state index contributed by atoms with van der Waals surface area (Å²) in [7, 11) is -2.16. The number of carbonyl (C=O) groups is 1. The van der Waals surface area contributed by atoms with E-state index in [1.165, 1.54) is 43.7 Å². The Hall–Kier alpha value is -3.59. The predicted octanol–water partition coefficient (Wildman–Crippen LogP) is 2.73. The number of benzene rings is 2. The summed E-state index contributed by atoms with van der Waals surface area (Å²) in [6.07, 6.45) is 1.36. The van der Waals surface area contributed by atoms with Gasteiger partial charge in [0, 0.05) is 0 Å². The van der Waals surface area contributed by atoms with Crippen molar-refractivity contribution in [3.63, 3.8) is 0 Å². The summed E-state index contributed by atoms with van der Waals surface area (Å²) in [5.41, 5.74) is 2.88. The third-order valence-corrected chi connectivity index (χ3v) is 5.56. The normalized spacial score (nSPS) is 11.5. The molecule has 3 rings (SSSR count). The van der Waals surface area contributed by atoms with Gasteiger partial charge in [-0.15, -0.1) is 0 Å². The van der Waals surface area contributed by atoms with E-state index in [2.05, 4.69) is 10.5 Å². The fourth-order valence-electron chi connectivity index (χ4n) is 2.47. The number of rotatable bonds is 7. The lowest BCUT2D eigenvalue weighted by Gasteiger charge is -2.03.